The number of fused-ring (bicyclic) bond motifs is 6. The van der Waals surface area contributed by atoms with Gasteiger partial charge in [-0.25, -0.2) is 27.0 Å². The molecule has 290 valence electrons. The molecule has 4 aromatic rings. The van der Waals surface area contributed by atoms with Crippen molar-refractivity contribution >= 4 is 66.8 Å². The summed E-state index contributed by atoms with van der Waals surface area (Å²) in [5.41, 5.74) is -0.628. The zero-order chi connectivity index (χ0) is 38.6. The van der Waals surface area contributed by atoms with E-state index in [2.05, 4.69) is 20.3 Å². The number of carbonyl (C=O) groups is 4. The lowest BCUT2D eigenvalue weighted by molar-refractivity contribution is -0.141. The number of carbonyl (C=O) groups excluding carboxylic acids is 4. The minimum absolute atomic E-state index is 0.0643. The molecule has 0 bridgehead atoms. The highest BCUT2D eigenvalue weighted by molar-refractivity contribution is 7.91. The first kappa shape index (κ1) is 36.6. The van der Waals surface area contributed by atoms with Crippen molar-refractivity contribution in [3.8, 4) is 5.75 Å². The number of sulfonamides is 1. The maximum Gasteiger partial charge on any atom is 0.407 e. The number of halogens is 2. The highest BCUT2D eigenvalue weighted by Gasteiger charge is 2.62. The molecule has 1 saturated heterocycles. The zero-order valence-electron chi connectivity index (χ0n) is 29.8. The fourth-order valence-electron chi connectivity index (χ4n) is 7.68. The zero-order valence-corrected chi connectivity index (χ0v) is 30.6. The first-order valence-electron chi connectivity index (χ1n) is 18.3. The predicted octanol–water partition coefficient (Wildman–Crippen LogP) is 4.49. The number of aromatic nitrogens is 1. The van der Waals surface area contributed by atoms with Crippen molar-refractivity contribution in [3.05, 3.63) is 60.2 Å². The molecule has 2 saturated carbocycles. The molecule has 2 aliphatic carbocycles. The van der Waals surface area contributed by atoms with Crippen molar-refractivity contribution in [2.24, 2.45) is 5.92 Å². The third kappa shape index (κ3) is 7.05. The molecule has 0 unspecified atom stereocenters. The number of allylic oxidation sites excluding steroid dienone is 1. The molecule has 0 spiro atoms. The topological polar surface area (TPSA) is 186 Å². The van der Waals surface area contributed by atoms with Crippen LogP contribution in [0.2, 0.25) is 0 Å². The first-order chi connectivity index (χ1) is 26.4. The van der Waals surface area contributed by atoms with Crippen molar-refractivity contribution in [1.29, 1.82) is 0 Å². The largest absolute Gasteiger partial charge is 0.484 e. The molecule has 3 N–H and O–H groups in total. The van der Waals surface area contributed by atoms with Gasteiger partial charge in [-0.05, 0) is 68.9 Å². The smallest absolute Gasteiger partial charge is 0.407 e. The van der Waals surface area contributed by atoms with E-state index in [0.717, 1.165) is 6.42 Å². The van der Waals surface area contributed by atoms with Gasteiger partial charge in [0.25, 0.3) is 5.91 Å². The van der Waals surface area contributed by atoms with Gasteiger partial charge in [-0.15, -0.1) is 0 Å². The second-order valence-electron chi connectivity index (χ2n) is 14.7. The Hall–Kier alpha value is -5.32. The molecule has 4 amide bonds. The molecular formula is C38H39F2N5O9S. The number of hydrogen-bond donors (Lipinski definition) is 3. The average Bonchev–Trinajstić information content (AvgIpc) is 4.05. The van der Waals surface area contributed by atoms with E-state index < -0.39 is 80.4 Å². The van der Waals surface area contributed by atoms with Gasteiger partial charge < -0.3 is 29.4 Å². The summed E-state index contributed by atoms with van der Waals surface area (Å²) in [6, 6.07) is 5.55. The number of furan rings is 1. The quantitative estimate of drug-likeness (QED) is 0.236. The SMILES string of the molecule is COC(=O)N[C@H]1CCCCC/C=C\[C@@H]2C[C@@]2(C(=O)NS(=O)(=O)C2CC2)NC(=O)[C@@H]2C[C@@H](Oc3c4cc(F)ccc4nc4c3oc3cc(F)ccc34)CN2C1=O. The molecule has 3 fully saturated rings. The summed E-state index contributed by atoms with van der Waals surface area (Å²) in [6.07, 6.45) is 5.77. The normalized spacial score (nSPS) is 26.7. The van der Waals surface area contributed by atoms with Crippen molar-refractivity contribution in [2.75, 3.05) is 13.7 Å². The van der Waals surface area contributed by atoms with Gasteiger partial charge in [0.15, 0.2) is 11.3 Å². The molecule has 5 atom stereocenters. The highest BCUT2D eigenvalue weighted by atomic mass is 32.2. The molecule has 4 aliphatic rings. The highest BCUT2D eigenvalue weighted by Crippen LogP contribution is 2.46. The second kappa shape index (κ2) is 14.1. The minimum atomic E-state index is -3.95. The fourth-order valence-corrected chi connectivity index (χ4v) is 9.05. The van der Waals surface area contributed by atoms with Crippen molar-refractivity contribution < 1.29 is 50.3 Å². The third-order valence-corrected chi connectivity index (χ3v) is 12.7. The Kier molecular flexibility index (Phi) is 9.38. The third-order valence-electron chi connectivity index (χ3n) is 10.9. The van der Waals surface area contributed by atoms with Crippen molar-refractivity contribution in [3.63, 3.8) is 0 Å². The van der Waals surface area contributed by atoms with E-state index in [9.17, 15) is 36.4 Å². The van der Waals surface area contributed by atoms with E-state index in [0.29, 0.717) is 48.5 Å². The van der Waals surface area contributed by atoms with Crippen LogP contribution in [0.4, 0.5) is 13.6 Å². The summed E-state index contributed by atoms with van der Waals surface area (Å²) in [5.74, 6) is -3.74. The van der Waals surface area contributed by atoms with Gasteiger partial charge in [0.05, 0.1) is 24.4 Å². The molecule has 0 radical (unpaired) electrons. The Morgan fingerprint density at radius 2 is 1.82 bits per heavy atom. The maximum atomic E-state index is 14.7. The van der Waals surface area contributed by atoms with E-state index in [1.165, 1.54) is 48.4 Å². The summed E-state index contributed by atoms with van der Waals surface area (Å²) in [6.45, 7) is -0.176. The molecule has 2 aromatic carbocycles. The van der Waals surface area contributed by atoms with Crippen molar-refractivity contribution in [1.82, 2.24) is 25.2 Å². The molecule has 8 rings (SSSR count). The number of alkyl carbamates (subject to hydrolysis) is 1. The Morgan fingerprint density at radius 1 is 1.04 bits per heavy atom. The van der Waals surface area contributed by atoms with Gasteiger partial charge >= 0.3 is 6.09 Å². The van der Waals surface area contributed by atoms with Crippen molar-refractivity contribution in [2.45, 2.75) is 86.8 Å². The van der Waals surface area contributed by atoms with E-state index in [1.807, 2.05) is 12.2 Å². The van der Waals surface area contributed by atoms with Gasteiger partial charge in [-0.1, -0.05) is 25.0 Å². The monoisotopic (exact) mass is 779 g/mol. The maximum absolute atomic E-state index is 14.7. The molecule has 17 heteroatoms. The molecular weight excluding hydrogens is 741 g/mol. The van der Waals surface area contributed by atoms with Gasteiger partial charge in [-0.2, -0.15) is 0 Å². The van der Waals surface area contributed by atoms with Gasteiger partial charge in [-0.3, -0.25) is 19.1 Å². The number of pyridine rings is 1. The lowest BCUT2D eigenvalue weighted by Gasteiger charge is -2.29. The molecule has 2 aliphatic heterocycles. The summed E-state index contributed by atoms with van der Waals surface area (Å²) < 4.78 is 74.2. The van der Waals surface area contributed by atoms with Crippen LogP contribution < -0.4 is 20.1 Å². The lowest BCUT2D eigenvalue weighted by Crippen LogP contribution is -2.58. The van der Waals surface area contributed by atoms with E-state index in [4.69, 9.17) is 13.9 Å². The number of hydrogen-bond acceptors (Lipinski definition) is 10. The molecule has 55 heavy (non-hydrogen) atoms. The number of nitrogens with one attached hydrogen (secondary N) is 3. The summed E-state index contributed by atoms with van der Waals surface area (Å²) in [5, 5.41) is 5.45. The van der Waals surface area contributed by atoms with Crippen LogP contribution in [0.1, 0.15) is 57.8 Å². The standard InChI is InChI=1S/C38H39F2N5O9S/c1-52-37(49)42-28-8-6-4-2-3-5-7-20-18-38(20,36(48)44-55(50,51)24-11-12-24)43-34(46)29-17-23(19-45(29)35(28)47)53-32-26-15-21(39)10-14-27(26)41-31-25-13-9-22(40)16-30(25)54-33(31)32/h5,7,9-10,13-16,20,23-24,28-29H,2-4,6,8,11-12,17-19H2,1H3,(H,42,49)(H,43,46)(H,44,48)/b7-5-/t20-,23-,28+,29+,38-/m1/s1. The van der Waals surface area contributed by atoms with Crippen LogP contribution in [-0.2, 0) is 29.1 Å². The Labute approximate surface area is 314 Å². The Bertz CT molecular complexity index is 2380. The van der Waals surface area contributed by atoms with Crippen LogP contribution in [0.3, 0.4) is 0 Å². The van der Waals surface area contributed by atoms with Crippen LogP contribution in [-0.4, -0.2) is 84.7 Å². The number of methoxy groups -OCH3 is 1. The number of nitrogens with zero attached hydrogens (tertiary/aromatic N) is 2. The molecule has 4 heterocycles. The van der Waals surface area contributed by atoms with E-state index >= 15 is 0 Å². The number of amides is 4. The van der Waals surface area contributed by atoms with Crippen LogP contribution in [0.15, 0.2) is 53.0 Å². The Balaban J connectivity index is 1.17. The van der Waals surface area contributed by atoms with Crippen LogP contribution >= 0.6 is 0 Å². The first-order valence-corrected chi connectivity index (χ1v) is 19.9. The number of rotatable bonds is 6. The summed E-state index contributed by atoms with van der Waals surface area (Å²) in [4.78, 5) is 60.9. The Morgan fingerprint density at radius 3 is 2.60 bits per heavy atom. The summed E-state index contributed by atoms with van der Waals surface area (Å²) >= 11 is 0. The molecule has 2 aromatic heterocycles. The van der Waals surface area contributed by atoms with Gasteiger partial charge in [0.1, 0.15) is 46.5 Å². The van der Waals surface area contributed by atoms with E-state index in [-0.39, 0.29) is 48.1 Å². The van der Waals surface area contributed by atoms with Crippen LogP contribution in [0.5, 0.6) is 5.75 Å². The summed E-state index contributed by atoms with van der Waals surface area (Å²) in [7, 11) is -2.78. The van der Waals surface area contributed by atoms with E-state index in [1.54, 1.807) is 0 Å². The number of ether oxygens (including phenoxy) is 2. The van der Waals surface area contributed by atoms with Gasteiger partial charge in [0, 0.05) is 29.2 Å². The lowest BCUT2D eigenvalue weighted by atomic mass is 10.1. The molecule has 14 nitrogen and oxygen atoms in total. The van der Waals surface area contributed by atoms with Crippen LogP contribution in [0, 0.1) is 17.6 Å². The average molecular weight is 780 g/mol. The van der Waals surface area contributed by atoms with Gasteiger partial charge in [0.2, 0.25) is 21.8 Å². The predicted molar refractivity (Wildman–Crippen MR) is 194 cm³/mol. The number of benzene rings is 2. The second-order valence-corrected chi connectivity index (χ2v) is 16.7. The minimum Gasteiger partial charge on any atom is -0.484 e. The van der Waals surface area contributed by atoms with Crippen LogP contribution in [0.25, 0.3) is 33.0 Å². The fraction of sp³-hybridized carbons (Fsp3) is 0.447.